The molecular weight excluding hydrogens is 360 g/mol. The van der Waals surface area contributed by atoms with E-state index in [0.29, 0.717) is 25.6 Å². The van der Waals surface area contributed by atoms with Gasteiger partial charge in [0.1, 0.15) is 19.0 Å². The van der Waals surface area contributed by atoms with Crippen LogP contribution < -0.4 is 19.5 Å². The molecule has 0 saturated heterocycles. The summed E-state index contributed by atoms with van der Waals surface area (Å²) in [5.41, 5.74) is 1.78. The van der Waals surface area contributed by atoms with Gasteiger partial charge in [-0.3, -0.25) is 4.79 Å². The Kier molecular flexibility index (Phi) is 6.73. The standard InChI is InChI=1S/C21H24N2O5/c1-3-25-18-7-4-16(5-8-18)13-22-28-14-21(24)23-15(2)17-6-9-19-20(12-17)27-11-10-26-19/h4-9,12-13,15H,3,10-11,14H2,1-2H3,(H,23,24)/b22-13-/t15-/m0/s1. The summed E-state index contributed by atoms with van der Waals surface area (Å²) in [4.78, 5) is 17.1. The van der Waals surface area contributed by atoms with E-state index < -0.39 is 0 Å². The van der Waals surface area contributed by atoms with E-state index in [2.05, 4.69) is 10.5 Å². The molecule has 28 heavy (non-hydrogen) atoms. The summed E-state index contributed by atoms with van der Waals surface area (Å²) >= 11 is 0. The van der Waals surface area contributed by atoms with Crippen LogP contribution >= 0.6 is 0 Å². The first-order chi connectivity index (χ1) is 13.7. The number of hydrogen-bond acceptors (Lipinski definition) is 6. The van der Waals surface area contributed by atoms with Crippen molar-refractivity contribution >= 4 is 12.1 Å². The van der Waals surface area contributed by atoms with E-state index in [9.17, 15) is 4.79 Å². The maximum atomic E-state index is 12.1. The van der Waals surface area contributed by atoms with Crippen LogP contribution in [0.4, 0.5) is 0 Å². The molecule has 1 heterocycles. The van der Waals surface area contributed by atoms with Crippen LogP contribution in [0.3, 0.4) is 0 Å². The molecule has 1 aliphatic heterocycles. The van der Waals surface area contributed by atoms with Gasteiger partial charge in [-0.15, -0.1) is 0 Å². The number of hydrogen-bond donors (Lipinski definition) is 1. The van der Waals surface area contributed by atoms with Crippen LogP contribution in [-0.4, -0.2) is 38.5 Å². The molecule has 7 nitrogen and oxygen atoms in total. The number of rotatable bonds is 8. The van der Waals surface area contributed by atoms with Crippen LogP contribution in [0.1, 0.15) is 31.0 Å². The van der Waals surface area contributed by atoms with E-state index in [1.54, 1.807) is 6.21 Å². The Bertz CT molecular complexity index is 820. The summed E-state index contributed by atoms with van der Waals surface area (Å²) in [6.07, 6.45) is 1.55. The number of carbonyl (C=O) groups excluding carboxylic acids is 1. The van der Waals surface area contributed by atoms with Crippen molar-refractivity contribution in [2.45, 2.75) is 19.9 Å². The third-order valence-corrected chi connectivity index (χ3v) is 4.11. The zero-order chi connectivity index (χ0) is 19.8. The topological polar surface area (TPSA) is 78.4 Å². The fraction of sp³-hybridized carbons (Fsp3) is 0.333. The van der Waals surface area contributed by atoms with Gasteiger partial charge in [0.05, 0.1) is 18.9 Å². The molecule has 0 bridgehead atoms. The predicted octanol–water partition coefficient (Wildman–Crippen LogP) is 3.08. The average molecular weight is 384 g/mol. The number of nitrogens with zero attached hydrogens (tertiary/aromatic N) is 1. The molecule has 0 radical (unpaired) electrons. The maximum absolute atomic E-state index is 12.1. The molecule has 3 rings (SSSR count). The summed E-state index contributed by atoms with van der Waals surface area (Å²) in [6, 6.07) is 12.9. The molecule has 0 aliphatic carbocycles. The second kappa shape index (κ2) is 9.64. The fourth-order valence-corrected chi connectivity index (χ4v) is 2.71. The van der Waals surface area contributed by atoms with Crippen LogP contribution in [0.5, 0.6) is 17.2 Å². The first kappa shape index (κ1) is 19.5. The highest BCUT2D eigenvalue weighted by Crippen LogP contribution is 2.32. The molecule has 0 unspecified atom stereocenters. The molecule has 2 aromatic rings. The van der Waals surface area contributed by atoms with Crippen molar-refractivity contribution in [1.29, 1.82) is 0 Å². The minimum absolute atomic E-state index is 0.164. The SMILES string of the molecule is CCOc1ccc(/C=N\OCC(=O)N[C@@H](C)c2ccc3c(c2)OCCO3)cc1. The van der Waals surface area contributed by atoms with Gasteiger partial charge in [0.15, 0.2) is 18.1 Å². The largest absolute Gasteiger partial charge is 0.494 e. The Hall–Kier alpha value is -3.22. The first-order valence-corrected chi connectivity index (χ1v) is 9.23. The van der Waals surface area contributed by atoms with Crippen LogP contribution in [0, 0.1) is 0 Å². The smallest absolute Gasteiger partial charge is 0.261 e. The van der Waals surface area contributed by atoms with E-state index in [1.165, 1.54) is 0 Å². The molecule has 1 N–H and O–H groups in total. The highest BCUT2D eigenvalue weighted by atomic mass is 16.6. The van der Waals surface area contributed by atoms with Crippen LogP contribution in [0.25, 0.3) is 0 Å². The second-order valence-electron chi connectivity index (χ2n) is 6.20. The molecule has 0 aromatic heterocycles. The van der Waals surface area contributed by atoms with E-state index in [4.69, 9.17) is 19.0 Å². The Morgan fingerprint density at radius 3 is 2.68 bits per heavy atom. The predicted molar refractivity (Wildman–Crippen MR) is 105 cm³/mol. The van der Waals surface area contributed by atoms with Gasteiger partial charge < -0.3 is 24.4 Å². The zero-order valence-electron chi connectivity index (χ0n) is 16.0. The number of carbonyl (C=O) groups is 1. The lowest BCUT2D eigenvalue weighted by Gasteiger charge is -2.21. The number of oxime groups is 1. The van der Waals surface area contributed by atoms with E-state index in [1.807, 2.05) is 56.3 Å². The molecule has 0 spiro atoms. The molecule has 1 aliphatic rings. The van der Waals surface area contributed by atoms with Crippen molar-refractivity contribution in [2.75, 3.05) is 26.4 Å². The fourth-order valence-electron chi connectivity index (χ4n) is 2.71. The maximum Gasteiger partial charge on any atom is 0.261 e. The normalized spacial score (nSPS) is 13.8. The molecule has 148 valence electrons. The van der Waals surface area contributed by atoms with Crippen LogP contribution in [0.2, 0.25) is 0 Å². The molecular formula is C21H24N2O5. The second-order valence-corrected chi connectivity index (χ2v) is 6.20. The van der Waals surface area contributed by atoms with Crippen LogP contribution in [0.15, 0.2) is 47.6 Å². The Labute approximate surface area is 164 Å². The number of nitrogens with one attached hydrogen (secondary N) is 1. The summed E-state index contributed by atoms with van der Waals surface area (Å²) in [5, 5.41) is 6.70. The van der Waals surface area contributed by atoms with Gasteiger partial charge in [-0.05, 0) is 61.4 Å². The summed E-state index contributed by atoms with van der Waals surface area (Å²) in [5.74, 6) is 1.96. The van der Waals surface area contributed by atoms with Crippen molar-refractivity contribution in [2.24, 2.45) is 5.16 Å². The third kappa shape index (κ3) is 5.39. The third-order valence-electron chi connectivity index (χ3n) is 4.11. The highest BCUT2D eigenvalue weighted by Gasteiger charge is 2.15. The summed E-state index contributed by atoms with van der Waals surface area (Å²) < 4.78 is 16.5. The minimum atomic E-state index is -0.258. The lowest BCUT2D eigenvalue weighted by Crippen LogP contribution is -2.29. The minimum Gasteiger partial charge on any atom is -0.494 e. The van der Waals surface area contributed by atoms with E-state index >= 15 is 0 Å². The number of amides is 1. The molecule has 2 aromatic carbocycles. The lowest BCUT2D eigenvalue weighted by atomic mass is 10.1. The Morgan fingerprint density at radius 2 is 1.93 bits per heavy atom. The van der Waals surface area contributed by atoms with Crippen molar-refractivity contribution in [3.05, 3.63) is 53.6 Å². The molecule has 7 heteroatoms. The number of fused-ring (bicyclic) bond motifs is 1. The van der Waals surface area contributed by atoms with Gasteiger partial charge in [0.2, 0.25) is 0 Å². The van der Waals surface area contributed by atoms with Crippen molar-refractivity contribution in [3.63, 3.8) is 0 Å². The zero-order valence-corrected chi connectivity index (χ0v) is 16.0. The highest BCUT2D eigenvalue weighted by molar-refractivity contribution is 5.80. The van der Waals surface area contributed by atoms with Crippen molar-refractivity contribution in [3.8, 4) is 17.2 Å². The number of ether oxygens (including phenoxy) is 3. The lowest BCUT2D eigenvalue weighted by molar-refractivity contribution is -0.126. The number of benzene rings is 2. The first-order valence-electron chi connectivity index (χ1n) is 9.23. The van der Waals surface area contributed by atoms with Gasteiger partial charge in [0.25, 0.3) is 5.91 Å². The van der Waals surface area contributed by atoms with Gasteiger partial charge >= 0.3 is 0 Å². The van der Waals surface area contributed by atoms with E-state index in [-0.39, 0.29) is 18.6 Å². The van der Waals surface area contributed by atoms with Gasteiger partial charge in [0, 0.05) is 0 Å². The van der Waals surface area contributed by atoms with Crippen LogP contribution in [-0.2, 0) is 9.63 Å². The monoisotopic (exact) mass is 384 g/mol. The van der Waals surface area contributed by atoms with Gasteiger partial charge in [-0.2, -0.15) is 0 Å². The van der Waals surface area contributed by atoms with E-state index in [0.717, 1.165) is 22.6 Å². The molecule has 0 fully saturated rings. The Morgan fingerprint density at radius 1 is 1.18 bits per heavy atom. The van der Waals surface area contributed by atoms with Gasteiger partial charge in [-0.1, -0.05) is 11.2 Å². The molecule has 1 amide bonds. The summed E-state index contributed by atoms with van der Waals surface area (Å²) in [7, 11) is 0. The molecule has 1 atom stereocenters. The van der Waals surface area contributed by atoms with Crippen molar-refractivity contribution < 1.29 is 23.8 Å². The molecule has 0 saturated carbocycles. The van der Waals surface area contributed by atoms with Gasteiger partial charge in [-0.25, -0.2) is 0 Å². The Balaban J connectivity index is 1.44. The quantitative estimate of drug-likeness (QED) is 0.559. The average Bonchev–Trinajstić information content (AvgIpc) is 2.72. The van der Waals surface area contributed by atoms with Crippen molar-refractivity contribution in [1.82, 2.24) is 5.32 Å². The summed E-state index contributed by atoms with van der Waals surface area (Å²) in [6.45, 7) is 5.36.